The van der Waals surface area contributed by atoms with Gasteiger partial charge in [0.2, 0.25) is 0 Å². The van der Waals surface area contributed by atoms with E-state index in [1.165, 1.54) is 32.7 Å². The Morgan fingerprint density at radius 2 is 1.24 bits per heavy atom. The Balaban J connectivity index is 1.79. The average Bonchev–Trinajstić information content (AvgIpc) is 2.67. The van der Waals surface area contributed by atoms with Gasteiger partial charge in [-0.1, -0.05) is 84.9 Å². The van der Waals surface area contributed by atoms with Crippen LogP contribution < -0.4 is 0 Å². The fourth-order valence-electron chi connectivity index (χ4n) is 3.59. The van der Waals surface area contributed by atoms with Crippen molar-refractivity contribution in [2.45, 2.75) is 19.9 Å². The minimum Gasteiger partial charge on any atom is -0.282 e. The zero-order valence-corrected chi connectivity index (χ0v) is 14.6. The van der Waals surface area contributed by atoms with Gasteiger partial charge in [-0.2, -0.15) is 0 Å². The smallest absolute Gasteiger partial charge is 0.0730 e. The molecule has 4 aromatic carbocycles. The lowest BCUT2D eigenvalue weighted by Gasteiger charge is -2.13. The summed E-state index contributed by atoms with van der Waals surface area (Å²) in [5.74, 6) is 0. The van der Waals surface area contributed by atoms with Gasteiger partial charge in [0.05, 0.1) is 6.04 Å². The number of benzene rings is 4. The lowest BCUT2D eigenvalue weighted by molar-refractivity contribution is 0.828. The van der Waals surface area contributed by atoms with Crippen LogP contribution in [-0.2, 0) is 0 Å². The van der Waals surface area contributed by atoms with Crippen LogP contribution in [0.25, 0.3) is 21.5 Å². The maximum absolute atomic E-state index is 5.03. The van der Waals surface area contributed by atoms with Crippen molar-refractivity contribution in [3.05, 3.63) is 96.1 Å². The van der Waals surface area contributed by atoms with Gasteiger partial charge in [-0.25, -0.2) is 0 Å². The first-order valence-corrected chi connectivity index (χ1v) is 8.74. The first-order chi connectivity index (χ1) is 12.2. The molecule has 0 spiro atoms. The van der Waals surface area contributed by atoms with Crippen LogP contribution in [0.3, 0.4) is 0 Å². The number of rotatable bonds is 3. The van der Waals surface area contributed by atoms with E-state index in [9.17, 15) is 0 Å². The highest BCUT2D eigenvalue weighted by Gasteiger charge is 2.10. The van der Waals surface area contributed by atoms with Crippen molar-refractivity contribution in [1.82, 2.24) is 0 Å². The highest BCUT2D eigenvalue weighted by atomic mass is 14.8. The van der Waals surface area contributed by atoms with Crippen LogP contribution in [-0.4, -0.2) is 5.71 Å². The maximum Gasteiger partial charge on any atom is 0.0730 e. The van der Waals surface area contributed by atoms with Gasteiger partial charge in [0, 0.05) is 11.3 Å². The van der Waals surface area contributed by atoms with Crippen LogP contribution >= 0.6 is 0 Å². The van der Waals surface area contributed by atoms with Gasteiger partial charge >= 0.3 is 0 Å². The lowest BCUT2D eigenvalue weighted by atomic mass is 9.98. The summed E-state index contributed by atoms with van der Waals surface area (Å²) in [6.07, 6.45) is 0. The Bertz CT molecular complexity index is 1060. The summed E-state index contributed by atoms with van der Waals surface area (Å²) in [6, 6.07) is 30.0. The predicted octanol–water partition coefficient (Wildman–Crippen LogP) is 6.56. The normalized spacial score (nSPS) is 13.3. The minimum absolute atomic E-state index is 0.116. The summed E-state index contributed by atoms with van der Waals surface area (Å²) in [4.78, 5) is 5.03. The van der Waals surface area contributed by atoms with Gasteiger partial charge in [-0.3, -0.25) is 4.99 Å². The van der Waals surface area contributed by atoms with Crippen molar-refractivity contribution in [1.29, 1.82) is 0 Å². The van der Waals surface area contributed by atoms with Crippen molar-refractivity contribution in [2.75, 3.05) is 0 Å². The molecule has 0 N–H and O–H groups in total. The van der Waals surface area contributed by atoms with Gasteiger partial charge in [0.25, 0.3) is 0 Å². The Morgan fingerprint density at radius 1 is 0.680 bits per heavy atom. The molecule has 0 aromatic heterocycles. The molecule has 0 aliphatic rings. The molecule has 1 atom stereocenters. The van der Waals surface area contributed by atoms with Crippen LogP contribution in [0.15, 0.2) is 89.9 Å². The van der Waals surface area contributed by atoms with E-state index < -0.39 is 0 Å². The zero-order chi connectivity index (χ0) is 17.2. The molecule has 1 nitrogen and oxygen atoms in total. The van der Waals surface area contributed by atoms with Crippen LogP contribution in [0.4, 0.5) is 0 Å². The summed E-state index contributed by atoms with van der Waals surface area (Å²) < 4.78 is 0. The molecule has 0 heterocycles. The molecule has 0 saturated heterocycles. The monoisotopic (exact) mass is 323 g/mol. The Kier molecular flexibility index (Phi) is 4.07. The van der Waals surface area contributed by atoms with Gasteiger partial charge in [0.1, 0.15) is 0 Å². The van der Waals surface area contributed by atoms with Gasteiger partial charge in [-0.05, 0) is 41.0 Å². The first-order valence-electron chi connectivity index (χ1n) is 8.74. The van der Waals surface area contributed by atoms with Crippen molar-refractivity contribution in [3.8, 4) is 0 Å². The number of nitrogens with zero attached hydrogens (tertiary/aromatic N) is 1. The van der Waals surface area contributed by atoms with E-state index in [1.54, 1.807) is 0 Å². The summed E-state index contributed by atoms with van der Waals surface area (Å²) in [5.41, 5.74) is 3.57. The summed E-state index contributed by atoms with van der Waals surface area (Å²) >= 11 is 0. The summed E-state index contributed by atoms with van der Waals surface area (Å²) in [6.45, 7) is 4.29. The van der Waals surface area contributed by atoms with E-state index in [0.717, 1.165) is 5.71 Å². The Hall–Kier alpha value is -2.93. The van der Waals surface area contributed by atoms with E-state index in [0.29, 0.717) is 0 Å². The van der Waals surface area contributed by atoms with Crippen LogP contribution in [0, 0.1) is 0 Å². The second-order valence-electron chi connectivity index (χ2n) is 6.49. The van der Waals surface area contributed by atoms with Crippen molar-refractivity contribution >= 4 is 27.3 Å². The fourth-order valence-corrected chi connectivity index (χ4v) is 3.59. The zero-order valence-electron chi connectivity index (χ0n) is 14.6. The molecule has 0 bridgehead atoms. The van der Waals surface area contributed by atoms with Crippen molar-refractivity contribution in [2.24, 2.45) is 4.99 Å². The van der Waals surface area contributed by atoms with Gasteiger partial charge < -0.3 is 0 Å². The highest BCUT2D eigenvalue weighted by Crippen LogP contribution is 2.28. The van der Waals surface area contributed by atoms with Crippen LogP contribution in [0.1, 0.15) is 31.0 Å². The van der Waals surface area contributed by atoms with Gasteiger partial charge in [0.15, 0.2) is 0 Å². The second kappa shape index (κ2) is 6.52. The van der Waals surface area contributed by atoms with Crippen molar-refractivity contribution < 1.29 is 0 Å². The number of fused-ring (bicyclic) bond motifs is 2. The lowest BCUT2D eigenvalue weighted by Crippen LogP contribution is -2.00. The third-order valence-corrected chi connectivity index (χ3v) is 4.84. The molecule has 0 aliphatic carbocycles. The molecule has 25 heavy (non-hydrogen) atoms. The SMILES string of the molecule is CC(=N[C@H](C)c1cccc2ccccc12)c1cccc2ccccc12. The van der Waals surface area contributed by atoms with E-state index >= 15 is 0 Å². The van der Waals surface area contributed by atoms with Gasteiger partial charge in [-0.15, -0.1) is 0 Å². The molecule has 0 radical (unpaired) electrons. The number of hydrogen-bond acceptors (Lipinski definition) is 1. The standard InChI is InChI=1S/C24H21N/c1-17(21-15-7-11-19-9-3-5-13-23(19)21)25-18(2)22-16-8-12-20-10-4-6-14-24(20)22/h3-17H,1-2H3/t17-/m1/s1. The van der Waals surface area contributed by atoms with Crippen molar-refractivity contribution in [3.63, 3.8) is 0 Å². The van der Waals surface area contributed by atoms with E-state index in [2.05, 4.69) is 98.8 Å². The molecular weight excluding hydrogens is 302 g/mol. The average molecular weight is 323 g/mol. The highest BCUT2D eigenvalue weighted by molar-refractivity contribution is 6.09. The van der Waals surface area contributed by atoms with Crippen LogP contribution in [0.5, 0.6) is 0 Å². The van der Waals surface area contributed by atoms with E-state index in [1.807, 2.05) is 0 Å². The summed E-state index contributed by atoms with van der Waals surface area (Å²) in [7, 11) is 0. The molecule has 1 heteroatoms. The first kappa shape index (κ1) is 15.6. The molecule has 0 fully saturated rings. The molecule has 0 aliphatic heterocycles. The third kappa shape index (κ3) is 2.94. The summed E-state index contributed by atoms with van der Waals surface area (Å²) in [5, 5.41) is 5.07. The largest absolute Gasteiger partial charge is 0.282 e. The predicted molar refractivity (Wildman–Crippen MR) is 109 cm³/mol. The topological polar surface area (TPSA) is 12.4 Å². The number of aliphatic imine (C=N–C) groups is 1. The quantitative estimate of drug-likeness (QED) is 0.378. The second-order valence-corrected chi connectivity index (χ2v) is 6.49. The third-order valence-electron chi connectivity index (χ3n) is 4.84. The Labute approximate surface area is 148 Å². The maximum atomic E-state index is 5.03. The fraction of sp³-hybridized carbons (Fsp3) is 0.125. The molecule has 4 aromatic rings. The molecule has 0 saturated carbocycles. The van der Waals surface area contributed by atoms with E-state index in [4.69, 9.17) is 4.99 Å². The molecule has 4 rings (SSSR count). The van der Waals surface area contributed by atoms with E-state index in [-0.39, 0.29) is 6.04 Å². The molecular formula is C24H21N. The molecule has 122 valence electrons. The Morgan fingerprint density at radius 3 is 2.00 bits per heavy atom. The molecule has 0 amide bonds. The molecule has 0 unspecified atom stereocenters. The minimum atomic E-state index is 0.116. The van der Waals surface area contributed by atoms with Crippen LogP contribution in [0.2, 0.25) is 0 Å². The number of hydrogen-bond donors (Lipinski definition) is 0.